The Morgan fingerprint density at radius 2 is 1.50 bits per heavy atom. The first-order chi connectivity index (χ1) is 12.5. The van der Waals surface area contributed by atoms with Crippen LogP contribution < -0.4 is 14.8 Å². The molecule has 1 atom stereocenters. The van der Waals surface area contributed by atoms with Crippen molar-refractivity contribution in [3.8, 4) is 11.5 Å². The van der Waals surface area contributed by atoms with Crippen molar-refractivity contribution in [3.05, 3.63) is 60.2 Å². The lowest BCUT2D eigenvalue weighted by atomic mass is 10.1. The SMILES string of the molecule is CNCCC(Oc1ccccc1OC)c1ccccc1.O=C(O)C(=O)O. The zero-order valence-corrected chi connectivity index (χ0v) is 14.7. The van der Waals surface area contributed by atoms with Crippen molar-refractivity contribution < 1.29 is 29.3 Å². The van der Waals surface area contributed by atoms with Crippen molar-refractivity contribution >= 4 is 11.9 Å². The van der Waals surface area contributed by atoms with Crippen LogP contribution in [-0.2, 0) is 9.59 Å². The minimum absolute atomic E-state index is 0.0138. The average Bonchev–Trinajstić information content (AvgIpc) is 2.66. The smallest absolute Gasteiger partial charge is 0.414 e. The zero-order valence-electron chi connectivity index (χ0n) is 14.7. The summed E-state index contributed by atoms with van der Waals surface area (Å²) in [6, 6.07) is 18.0. The molecule has 7 heteroatoms. The molecule has 0 saturated heterocycles. The van der Waals surface area contributed by atoms with E-state index in [0.717, 1.165) is 24.5 Å². The number of methoxy groups -OCH3 is 1. The van der Waals surface area contributed by atoms with Crippen molar-refractivity contribution in [2.75, 3.05) is 20.7 Å². The van der Waals surface area contributed by atoms with Gasteiger partial charge in [-0.3, -0.25) is 0 Å². The minimum Gasteiger partial charge on any atom is -0.493 e. The first-order valence-electron chi connectivity index (χ1n) is 7.95. The van der Waals surface area contributed by atoms with Crippen molar-refractivity contribution in [2.45, 2.75) is 12.5 Å². The number of carboxylic acids is 2. The number of benzene rings is 2. The van der Waals surface area contributed by atoms with Gasteiger partial charge in [-0.2, -0.15) is 0 Å². The van der Waals surface area contributed by atoms with Crippen LogP contribution in [0.4, 0.5) is 0 Å². The number of hydrogen-bond acceptors (Lipinski definition) is 5. The fraction of sp³-hybridized carbons (Fsp3) is 0.263. The summed E-state index contributed by atoms with van der Waals surface area (Å²) in [5, 5.41) is 18.0. The van der Waals surface area contributed by atoms with E-state index in [1.165, 1.54) is 5.56 Å². The summed E-state index contributed by atoms with van der Waals surface area (Å²) < 4.78 is 11.5. The van der Waals surface area contributed by atoms with Gasteiger partial charge >= 0.3 is 11.9 Å². The first-order valence-corrected chi connectivity index (χ1v) is 7.95. The Balaban J connectivity index is 0.000000487. The molecule has 26 heavy (non-hydrogen) atoms. The Morgan fingerprint density at radius 1 is 0.962 bits per heavy atom. The fourth-order valence-corrected chi connectivity index (χ4v) is 2.11. The monoisotopic (exact) mass is 361 g/mol. The fourth-order valence-electron chi connectivity index (χ4n) is 2.11. The summed E-state index contributed by atoms with van der Waals surface area (Å²) in [6.45, 7) is 0.898. The van der Waals surface area contributed by atoms with Gasteiger partial charge in [0.25, 0.3) is 0 Å². The quantitative estimate of drug-likeness (QED) is 0.651. The van der Waals surface area contributed by atoms with Crippen molar-refractivity contribution in [1.29, 1.82) is 0 Å². The van der Waals surface area contributed by atoms with Crippen LogP contribution in [0.1, 0.15) is 18.1 Å². The van der Waals surface area contributed by atoms with E-state index in [1.54, 1.807) is 7.11 Å². The van der Waals surface area contributed by atoms with Crippen LogP contribution in [-0.4, -0.2) is 42.9 Å². The van der Waals surface area contributed by atoms with Gasteiger partial charge < -0.3 is 25.0 Å². The second-order valence-corrected chi connectivity index (χ2v) is 5.17. The molecule has 0 aliphatic carbocycles. The van der Waals surface area contributed by atoms with E-state index in [9.17, 15) is 0 Å². The van der Waals surface area contributed by atoms with Crippen LogP contribution in [0.25, 0.3) is 0 Å². The molecule has 3 N–H and O–H groups in total. The molecule has 2 rings (SSSR count). The lowest BCUT2D eigenvalue weighted by molar-refractivity contribution is -0.159. The van der Waals surface area contributed by atoms with Gasteiger partial charge in [-0.1, -0.05) is 42.5 Å². The molecular formula is C19H23NO6. The van der Waals surface area contributed by atoms with E-state index in [2.05, 4.69) is 17.4 Å². The normalized spacial score (nSPS) is 10.8. The number of para-hydroxylation sites is 2. The third-order valence-electron chi connectivity index (χ3n) is 3.35. The molecule has 2 aromatic carbocycles. The highest BCUT2D eigenvalue weighted by Crippen LogP contribution is 2.31. The molecule has 2 aromatic rings. The number of nitrogens with one attached hydrogen (secondary N) is 1. The van der Waals surface area contributed by atoms with E-state index in [-0.39, 0.29) is 6.10 Å². The second-order valence-electron chi connectivity index (χ2n) is 5.17. The van der Waals surface area contributed by atoms with E-state index in [1.807, 2.05) is 49.5 Å². The van der Waals surface area contributed by atoms with E-state index in [4.69, 9.17) is 29.3 Å². The summed E-state index contributed by atoms with van der Waals surface area (Å²) in [7, 11) is 3.61. The maximum absolute atomic E-state index is 9.10. The maximum Gasteiger partial charge on any atom is 0.414 e. The largest absolute Gasteiger partial charge is 0.493 e. The molecule has 1 unspecified atom stereocenters. The van der Waals surface area contributed by atoms with Gasteiger partial charge in [-0.15, -0.1) is 0 Å². The van der Waals surface area contributed by atoms with E-state index < -0.39 is 11.9 Å². The summed E-state index contributed by atoms with van der Waals surface area (Å²) in [5.41, 5.74) is 1.17. The Bertz CT molecular complexity index is 677. The van der Waals surface area contributed by atoms with Crippen LogP contribution in [0.2, 0.25) is 0 Å². The number of ether oxygens (including phenoxy) is 2. The zero-order chi connectivity index (χ0) is 19.4. The molecule has 140 valence electrons. The topological polar surface area (TPSA) is 105 Å². The summed E-state index contributed by atoms with van der Waals surface area (Å²) >= 11 is 0. The molecule has 0 aliphatic rings. The molecule has 0 fully saturated rings. The summed E-state index contributed by atoms with van der Waals surface area (Å²) in [5.74, 6) is -2.11. The van der Waals surface area contributed by atoms with E-state index in [0.29, 0.717) is 0 Å². The molecule has 0 amide bonds. The average molecular weight is 361 g/mol. The molecule has 0 heterocycles. The molecule has 0 radical (unpaired) electrons. The number of carbonyl (C=O) groups is 2. The Morgan fingerprint density at radius 3 is 2.00 bits per heavy atom. The van der Waals surface area contributed by atoms with Gasteiger partial charge in [0.15, 0.2) is 11.5 Å². The van der Waals surface area contributed by atoms with Gasteiger partial charge in [0.05, 0.1) is 7.11 Å². The third kappa shape index (κ3) is 7.23. The second kappa shape index (κ2) is 11.5. The number of carboxylic acid groups (broad SMARTS) is 2. The van der Waals surface area contributed by atoms with Crippen LogP contribution >= 0.6 is 0 Å². The standard InChI is InChI=1S/C17H21NO2.C2H2O4/c1-18-13-12-15(14-8-4-3-5-9-14)20-17-11-7-6-10-16(17)19-2;3-1(4)2(5)6/h3-11,15,18H,12-13H2,1-2H3;(H,3,4)(H,5,6). The molecule has 7 nitrogen and oxygen atoms in total. The van der Waals surface area contributed by atoms with Crippen LogP contribution in [0.3, 0.4) is 0 Å². The van der Waals surface area contributed by atoms with Crippen molar-refractivity contribution in [2.24, 2.45) is 0 Å². The van der Waals surface area contributed by atoms with Gasteiger partial charge in [-0.25, -0.2) is 9.59 Å². The van der Waals surface area contributed by atoms with Gasteiger partial charge in [-0.05, 0) is 31.3 Å². The summed E-state index contributed by atoms with van der Waals surface area (Å²) in [4.78, 5) is 18.2. The van der Waals surface area contributed by atoms with Crippen LogP contribution in [0.5, 0.6) is 11.5 Å². The Kier molecular flexibility index (Phi) is 9.27. The van der Waals surface area contributed by atoms with Crippen molar-refractivity contribution in [3.63, 3.8) is 0 Å². The maximum atomic E-state index is 9.10. The van der Waals surface area contributed by atoms with Crippen molar-refractivity contribution in [1.82, 2.24) is 5.32 Å². The highest BCUT2D eigenvalue weighted by Gasteiger charge is 2.14. The summed E-state index contributed by atoms with van der Waals surface area (Å²) in [6.07, 6.45) is 0.915. The minimum atomic E-state index is -1.82. The van der Waals surface area contributed by atoms with Gasteiger partial charge in [0, 0.05) is 6.42 Å². The van der Waals surface area contributed by atoms with Gasteiger partial charge in [0.2, 0.25) is 0 Å². The molecule has 0 spiro atoms. The predicted molar refractivity (Wildman–Crippen MR) is 96.6 cm³/mol. The highest BCUT2D eigenvalue weighted by molar-refractivity contribution is 6.27. The Hall–Kier alpha value is -3.06. The molecule has 0 saturated carbocycles. The lowest BCUT2D eigenvalue weighted by Crippen LogP contribution is -2.16. The molecular weight excluding hydrogens is 338 g/mol. The number of hydrogen-bond donors (Lipinski definition) is 3. The molecule has 0 aliphatic heterocycles. The van der Waals surface area contributed by atoms with E-state index >= 15 is 0 Å². The van der Waals surface area contributed by atoms with Crippen LogP contribution in [0.15, 0.2) is 54.6 Å². The van der Waals surface area contributed by atoms with Crippen LogP contribution in [0, 0.1) is 0 Å². The number of rotatable bonds is 7. The molecule has 0 aromatic heterocycles. The Labute approximate surface area is 152 Å². The number of aliphatic carboxylic acids is 2. The molecule has 0 bridgehead atoms. The third-order valence-corrected chi connectivity index (χ3v) is 3.35. The lowest BCUT2D eigenvalue weighted by Gasteiger charge is -2.21. The first kappa shape index (κ1) is 21.0. The highest BCUT2D eigenvalue weighted by atomic mass is 16.5. The predicted octanol–water partition coefficient (Wildman–Crippen LogP) is 2.58. The van der Waals surface area contributed by atoms with Gasteiger partial charge in [0.1, 0.15) is 6.10 Å².